The molecule has 1 atom stereocenters. The van der Waals surface area contributed by atoms with Crippen molar-refractivity contribution in [3.63, 3.8) is 0 Å². The summed E-state index contributed by atoms with van der Waals surface area (Å²) in [5.74, 6) is 1.08. The van der Waals surface area contributed by atoms with E-state index in [9.17, 15) is 0 Å². The molecule has 1 saturated heterocycles. The van der Waals surface area contributed by atoms with Crippen LogP contribution >= 0.6 is 0 Å². The van der Waals surface area contributed by atoms with Gasteiger partial charge in [-0.25, -0.2) is 0 Å². The Balaban J connectivity index is 2.12. The number of fused-ring (bicyclic) bond motifs is 1. The van der Waals surface area contributed by atoms with E-state index in [0.29, 0.717) is 6.10 Å². The van der Waals surface area contributed by atoms with Gasteiger partial charge in [0.05, 0.1) is 13.2 Å². The van der Waals surface area contributed by atoms with Crippen LogP contribution in [-0.2, 0) is 11.2 Å². The molecule has 2 aliphatic heterocycles. The van der Waals surface area contributed by atoms with Crippen LogP contribution in [0.25, 0.3) is 0 Å². The molecule has 12 heavy (non-hydrogen) atoms. The highest BCUT2D eigenvalue weighted by Gasteiger charge is 2.30. The van der Waals surface area contributed by atoms with Crippen LogP contribution in [0.5, 0.6) is 5.75 Å². The van der Waals surface area contributed by atoms with Crippen LogP contribution < -0.4 is 4.74 Å². The van der Waals surface area contributed by atoms with Gasteiger partial charge in [0.1, 0.15) is 11.9 Å². The molecule has 1 aromatic carbocycles. The molecule has 0 spiro atoms. The van der Waals surface area contributed by atoms with Crippen molar-refractivity contribution >= 4 is 0 Å². The zero-order chi connectivity index (χ0) is 7.97. The van der Waals surface area contributed by atoms with E-state index < -0.39 is 0 Å². The topological polar surface area (TPSA) is 21.8 Å². The number of para-hydroxylation sites is 1. The summed E-state index contributed by atoms with van der Waals surface area (Å²) in [5, 5.41) is 0. The van der Waals surface area contributed by atoms with Gasteiger partial charge in [0, 0.05) is 12.0 Å². The van der Waals surface area contributed by atoms with Gasteiger partial charge < -0.3 is 9.47 Å². The summed E-state index contributed by atoms with van der Waals surface area (Å²) in [6.45, 7) is 1.69. The van der Waals surface area contributed by atoms with Crippen molar-refractivity contribution in [3.8, 4) is 5.75 Å². The molecule has 0 bridgehead atoms. The van der Waals surface area contributed by atoms with E-state index in [2.05, 4.69) is 18.2 Å². The first-order valence-electron chi connectivity index (χ1n) is 4.31. The van der Waals surface area contributed by atoms with Gasteiger partial charge in [0.15, 0.2) is 0 Å². The molecule has 1 aromatic rings. The zero-order valence-corrected chi connectivity index (χ0v) is 6.75. The Hall–Kier alpha value is -1.02. The Morgan fingerprint density at radius 3 is 3.08 bits per heavy atom. The van der Waals surface area contributed by atoms with Gasteiger partial charge >= 0.3 is 0 Å². The first-order valence-corrected chi connectivity index (χ1v) is 4.31. The molecule has 2 heteroatoms. The lowest BCUT2D eigenvalue weighted by molar-refractivity contribution is 0.345. The lowest BCUT2D eigenvalue weighted by atomic mass is 10.1. The average molecular weight is 162 g/mol. The maximum atomic E-state index is 5.55. The number of rotatable bonds is 1. The van der Waals surface area contributed by atoms with Crippen LogP contribution in [-0.4, -0.2) is 13.2 Å². The second kappa shape index (κ2) is 2.23. The molecular weight excluding hydrogens is 152 g/mol. The van der Waals surface area contributed by atoms with Gasteiger partial charge in [-0.3, -0.25) is 0 Å². The number of benzene rings is 1. The molecule has 0 aromatic heterocycles. The molecule has 2 aliphatic rings. The SMILES string of the molecule is c1cc2c(c([C@H]3CO3)c1)OCC2. The molecule has 2 nitrogen and oxygen atoms in total. The molecule has 0 radical (unpaired) electrons. The first kappa shape index (κ1) is 6.49. The third-order valence-electron chi connectivity index (χ3n) is 2.43. The molecule has 0 N–H and O–H groups in total. The Morgan fingerprint density at radius 2 is 2.25 bits per heavy atom. The summed E-state index contributed by atoms with van der Waals surface area (Å²) in [4.78, 5) is 0. The Bertz CT molecular complexity index is 316. The Morgan fingerprint density at radius 1 is 1.33 bits per heavy atom. The van der Waals surface area contributed by atoms with Gasteiger partial charge in [-0.05, 0) is 5.56 Å². The van der Waals surface area contributed by atoms with Crippen LogP contribution in [0.2, 0.25) is 0 Å². The van der Waals surface area contributed by atoms with Crippen molar-refractivity contribution in [2.45, 2.75) is 12.5 Å². The fraction of sp³-hybridized carbons (Fsp3) is 0.400. The van der Waals surface area contributed by atoms with Gasteiger partial charge in [-0.2, -0.15) is 0 Å². The van der Waals surface area contributed by atoms with E-state index in [4.69, 9.17) is 9.47 Å². The number of hydrogen-bond acceptors (Lipinski definition) is 2. The lowest BCUT2D eigenvalue weighted by Crippen LogP contribution is -1.90. The molecular formula is C10H10O2. The molecule has 1 fully saturated rings. The second-order valence-corrected chi connectivity index (χ2v) is 3.26. The Labute approximate surface area is 71.1 Å². The minimum Gasteiger partial charge on any atom is -0.493 e. The van der Waals surface area contributed by atoms with Crippen LogP contribution in [0.15, 0.2) is 18.2 Å². The van der Waals surface area contributed by atoms with Crippen LogP contribution in [0, 0.1) is 0 Å². The minimum atomic E-state index is 0.318. The normalized spacial score (nSPS) is 24.8. The van der Waals surface area contributed by atoms with Gasteiger partial charge in [0.2, 0.25) is 0 Å². The molecule has 0 unspecified atom stereocenters. The largest absolute Gasteiger partial charge is 0.493 e. The van der Waals surface area contributed by atoms with Crippen molar-refractivity contribution < 1.29 is 9.47 Å². The molecule has 2 heterocycles. The summed E-state index contributed by atoms with van der Waals surface area (Å²) < 4.78 is 10.8. The number of hydrogen-bond donors (Lipinski definition) is 0. The van der Waals surface area contributed by atoms with Crippen molar-refractivity contribution in [1.29, 1.82) is 0 Å². The summed E-state index contributed by atoms with van der Waals surface area (Å²) in [6, 6.07) is 6.32. The molecule has 0 saturated carbocycles. The maximum Gasteiger partial charge on any atom is 0.128 e. The number of epoxide rings is 1. The zero-order valence-electron chi connectivity index (χ0n) is 6.75. The van der Waals surface area contributed by atoms with Gasteiger partial charge in [0.25, 0.3) is 0 Å². The van der Waals surface area contributed by atoms with E-state index in [-0.39, 0.29) is 0 Å². The predicted molar refractivity (Wildman–Crippen MR) is 44.3 cm³/mol. The summed E-state index contributed by atoms with van der Waals surface area (Å²) in [6.07, 6.45) is 1.37. The van der Waals surface area contributed by atoms with Crippen molar-refractivity contribution in [1.82, 2.24) is 0 Å². The van der Waals surface area contributed by atoms with Gasteiger partial charge in [-0.1, -0.05) is 18.2 Å². The van der Waals surface area contributed by atoms with Crippen molar-refractivity contribution in [3.05, 3.63) is 29.3 Å². The smallest absolute Gasteiger partial charge is 0.128 e. The van der Waals surface area contributed by atoms with Crippen LogP contribution in [0.3, 0.4) is 0 Å². The van der Waals surface area contributed by atoms with Crippen molar-refractivity contribution in [2.75, 3.05) is 13.2 Å². The van der Waals surface area contributed by atoms with E-state index in [1.165, 1.54) is 11.1 Å². The fourth-order valence-corrected chi connectivity index (χ4v) is 1.72. The Kier molecular flexibility index (Phi) is 1.21. The van der Waals surface area contributed by atoms with Crippen molar-refractivity contribution in [2.24, 2.45) is 0 Å². The summed E-state index contributed by atoms with van der Waals surface area (Å²) in [5.41, 5.74) is 2.58. The molecule has 3 rings (SSSR count). The fourth-order valence-electron chi connectivity index (χ4n) is 1.72. The first-order chi connectivity index (χ1) is 5.95. The average Bonchev–Trinajstić information content (AvgIpc) is 2.82. The second-order valence-electron chi connectivity index (χ2n) is 3.26. The standard InChI is InChI=1S/C10H10O2/c1-2-7-4-5-11-10(7)8(3-1)9-6-12-9/h1-3,9H,4-6H2/t9-/m1/s1. The summed E-state index contributed by atoms with van der Waals surface area (Å²) in [7, 11) is 0. The van der Waals surface area contributed by atoms with Gasteiger partial charge in [-0.15, -0.1) is 0 Å². The summed E-state index contributed by atoms with van der Waals surface area (Å²) >= 11 is 0. The monoisotopic (exact) mass is 162 g/mol. The number of ether oxygens (including phenoxy) is 2. The third kappa shape index (κ3) is 0.847. The van der Waals surface area contributed by atoms with E-state index >= 15 is 0 Å². The van der Waals surface area contributed by atoms with Crippen LogP contribution in [0.4, 0.5) is 0 Å². The van der Waals surface area contributed by atoms with E-state index in [0.717, 1.165) is 25.4 Å². The van der Waals surface area contributed by atoms with Crippen LogP contribution in [0.1, 0.15) is 17.2 Å². The lowest BCUT2D eigenvalue weighted by Gasteiger charge is -2.03. The van der Waals surface area contributed by atoms with E-state index in [1.807, 2.05) is 0 Å². The predicted octanol–water partition coefficient (Wildman–Crippen LogP) is 1.69. The highest BCUT2D eigenvalue weighted by Crippen LogP contribution is 2.40. The third-order valence-corrected chi connectivity index (χ3v) is 2.43. The quantitative estimate of drug-likeness (QED) is 0.586. The minimum absolute atomic E-state index is 0.318. The maximum absolute atomic E-state index is 5.55. The highest BCUT2D eigenvalue weighted by molar-refractivity contribution is 5.46. The molecule has 0 amide bonds. The molecule has 62 valence electrons. The highest BCUT2D eigenvalue weighted by atomic mass is 16.6. The van der Waals surface area contributed by atoms with E-state index in [1.54, 1.807) is 0 Å². The molecule has 0 aliphatic carbocycles.